The molecule has 4 nitrogen and oxygen atoms in total. The van der Waals surface area contributed by atoms with Gasteiger partial charge in [-0.3, -0.25) is 0 Å². The minimum atomic E-state index is 0. The molecule has 112 valence electrons. The van der Waals surface area contributed by atoms with Gasteiger partial charge in [0.25, 0.3) is 0 Å². The van der Waals surface area contributed by atoms with Gasteiger partial charge in [-0.2, -0.15) is 40.8 Å². The summed E-state index contributed by atoms with van der Waals surface area (Å²) in [4.78, 5) is 0. The summed E-state index contributed by atoms with van der Waals surface area (Å²) in [5.74, 6) is 0. The molecule has 0 aromatic carbocycles. The molecule has 0 bridgehead atoms. The fourth-order valence-corrected chi connectivity index (χ4v) is 0. The Morgan fingerprint density at radius 3 is 0.778 bits per heavy atom. The maximum atomic E-state index is 5.35. The Kier molecular flexibility index (Phi) is 52.8. The molecule has 2 N–H and O–H groups in total. The van der Waals surface area contributed by atoms with Crippen LogP contribution in [0.3, 0.4) is 0 Å². The molecule has 0 rings (SSSR count). The van der Waals surface area contributed by atoms with Crippen molar-refractivity contribution in [2.75, 3.05) is 40.8 Å². The van der Waals surface area contributed by atoms with Gasteiger partial charge in [-0.1, -0.05) is 20.8 Å². The van der Waals surface area contributed by atoms with Crippen LogP contribution in [0.2, 0.25) is 0 Å². The number of nitrogens with two attached hydrogens (primary N) is 1. The molecule has 0 aliphatic heterocycles. The van der Waals surface area contributed by atoms with Crippen LogP contribution in [0.25, 0.3) is 16.0 Å². The van der Waals surface area contributed by atoms with Crippen LogP contribution >= 0.6 is 0 Å². The molecule has 0 atom stereocenters. The van der Waals surface area contributed by atoms with E-state index in [0.717, 1.165) is 19.6 Å². The van der Waals surface area contributed by atoms with Crippen molar-refractivity contribution < 1.29 is 22.4 Å². The van der Waals surface area contributed by atoms with Crippen molar-refractivity contribution in [2.45, 2.75) is 47.1 Å². The average molecular weight is 340 g/mol. The summed E-state index contributed by atoms with van der Waals surface area (Å²) in [6.07, 6.45) is 0. The molecule has 5 heteroatoms. The third-order valence-electron chi connectivity index (χ3n) is 0.949. The summed E-state index contributed by atoms with van der Waals surface area (Å²) in [5.41, 5.74) is 5.35. The molecule has 0 aromatic rings. The van der Waals surface area contributed by atoms with Crippen LogP contribution < -0.4 is 5.73 Å². The van der Waals surface area contributed by atoms with Crippen LogP contribution in [0.4, 0.5) is 0 Å². The standard InChI is InChI=1S/C4H11N.3C3H8N.Nb/c1-4(2,3)5;3*1-3-4-2;/h5H2,1-3H3;3*3H2,1-2H3;/q;3*-1;+3. The van der Waals surface area contributed by atoms with E-state index in [2.05, 4.69) is 16.0 Å². The van der Waals surface area contributed by atoms with Gasteiger partial charge in [-0.15, -0.1) is 0 Å². The zero-order valence-electron chi connectivity index (χ0n) is 14.0. The van der Waals surface area contributed by atoms with Crippen LogP contribution in [0.1, 0.15) is 41.5 Å². The third-order valence-corrected chi connectivity index (χ3v) is 0.949. The maximum Gasteiger partial charge on any atom is 3.00 e. The zero-order chi connectivity index (χ0) is 14.7. The third kappa shape index (κ3) is 314. The molecule has 0 aliphatic rings. The molecule has 0 saturated heterocycles. The summed E-state index contributed by atoms with van der Waals surface area (Å²) in [6.45, 7) is 14.8. The maximum absolute atomic E-state index is 5.35. The van der Waals surface area contributed by atoms with Crippen molar-refractivity contribution in [1.82, 2.24) is 0 Å². The Bertz CT molecular complexity index is 74.0. The van der Waals surface area contributed by atoms with E-state index in [-0.39, 0.29) is 27.9 Å². The molecule has 0 fully saturated rings. The molecule has 0 heterocycles. The Morgan fingerprint density at radius 1 is 0.722 bits per heavy atom. The quantitative estimate of drug-likeness (QED) is 0.781. The Hall–Kier alpha value is 0.580. The Balaban J connectivity index is -0.0000000412. The van der Waals surface area contributed by atoms with Crippen molar-refractivity contribution >= 4 is 0 Å². The van der Waals surface area contributed by atoms with Gasteiger partial charge in [-0.05, 0) is 20.8 Å². The van der Waals surface area contributed by atoms with Gasteiger partial charge >= 0.3 is 22.4 Å². The van der Waals surface area contributed by atoms with Gasteiger partial charge in [-0.25, -0.2) is 0 Å². The van der Waals surface area contributed by atoms with Gasteiger partial charge in [0.05, 0.1) is 0 Å². The summed E-state index contributed by atoms with van der Waals surface area (Å²) < 4.78 is 0. The van der Waals surface area contributed by atoms with E-state index in [0.29, 0.717) is 0 Å². The number of nitrogens with zero attached hydrogens (tertiary/aromatic N) is 3. The molecule has 0 aliphatic carbocycles. The minimum absolute atomic E-state index is 0. The van der Waals surface area contributed by atoms with Gasteiger partial charge < -0.3 is 21.7 Å². The second-order valence-electron chi connectivity index (χ2n) is 4.26. The van der Waals surface area contributed by atoms with E-state index in [1.807, 2.05) is 41.5 Å². The first-order valence-electron chi connectivity index (χ1n) is 6.20. The van der Waals surface area contributed by atoms with E-state index < -0.39 is 0 Å². The average Bonchev–Trinajstić information content (AvgIpc) is 2.27. The summed E-state index contributed by atoms with van der Waals surface area (Å²) in [5, 5.41) is 11.2. The molecule has 0 spiro atoms. The first-order chi connectivity index (χ1) is 7.74. The van der Waals surface area contributed by atoms with Crippen LogP contribution in [0.15, 0.2) is 0 Å². The Labute approximate surface area is 132 Å². The fraction of sp³-hybridized carbons (Fsp3) is 1.00. The van der Waals surface area contributed by atoms with Gasteiger partial charge in [0.1, 0.15) is 0 Å². The summed E-state index contributed by atoms with van der Waals surface area (Å²) in [6, 6.07) is 0. The normalized spacial score (nSPS) is 8.33. The van der Waals surface area contributed by atoms with Gasteiger partial charge in [0, 0.05) is 5.54 Å². The van der Waals surface area contributed by atoms with Crippen molar-refractivity contribution in [3.63, 3.8) is 0 Å². The molecule has 0 amide bonds. The smallest absolute Gasteiger partial charge is 0.665 e. The SMILES string of the molecule is CC(C)(C)N.CC[N-]C.CC[N-]C.CC[N-]C.[Nb+3]. The number of hydrogen-bond acceptors (Lipinski definition) is 1. The molecular formula is C13H35N4Nb. The van der Waals surface area contributed by atoms with Crippen molar-refractivity contribution in [1.29, 1.82) is 0 Å². The summed E-state index contributed by atoms with van der Waals surface area (Å²) >= 11 is 0. The predicted molar refractivity (Wildman–Crippen MR) is 83.4 cm³/mol. The minimum Gasteiger partial charge on any atom is -0.665 e. The molecule has 0 aromatic heterocycles. The second kappa shape index (κ2) is 30.5. The van der Waals surface area contributed by atoms with Crippen molar-refractivity contribution in [2.24, 2.45) is 5.73 Å². The monoisotopic (exact) mass is 340 g/mol. The topological polar surface area (TPSA) is 68.3 Å². The first kappa shape index (κ1) is 31.1. The van der Waals surface area contributed by atoms with Crippen molar-refractivity contribution in [3.05, 3.63) is 16.0 Å². The van der Waals surface area contributed by atoms with E-state index in [1.54, 1.807) is 21.1 Å². The molecular weight excluding hydrogens is 305 g/mol. The van der Waals surface area contributed by atoms with Crippen LogP contribution in [0.5, 0.6) is 0 Å². The second-order valence-corrected chi connectivity index (χ2v) is 4.26. The molecule has 18 heavy (non-hydrogen) atoms. The molecule has 0 radical (unpaired) electrons. The van der Waals surface area contributed by atoms with Crippen LogP contribution in [-0.2, 0) is 22.4 Å². The fourth-order valence-electron chi connectivity index (χ4n) is 0. The first-order valence-corrected chi connectivity index (χ1v) is 6.20. The predicted octanol–water partition coefficient (Wildman–Crippen LogP) is 3.77. The van der Waals surface area contributed by atoms with E-state index in [4.69, 9.17) is 5.73 Å². The zero-order valence-corrected chi connectivity index (χ0v) is 16.2. The largest absolute Gasteiger partial charge is 3.00 e. The van der Waals surface area contributed by atoms with E-state index in [9.17, 15) is 0 Å². The summed E-state index contributed by atoms with van der Waals surface area (Å²) in [7, 11) is 5.42. The van der Waals surface area contributed by atoms with E-state index >= 15 is 0 Å². The molecule has 0 saturated carbocycles. The molecule has 0 unspecified atom stereocenters. The Morgan fingerprint density at radius 2 is 0.778 bits per heavy atom. The number of hydrogen-bond donors (Lipinski definition) is 1. The van der Waals surface area contributed by atoms with Gasteiger partial charge in [0.2, 0.25) is 0 Å². The van der Waals surface area contributed by atoms with E-state index in [1.165, 1.54) is 0 Å². The van der Waals surface area contributed by atoms with Crippen LogP contribution in [-0.4, -0.2) is 46.3 Å². The number of rotatable bonds is 3. The van der Waals surface area contributed by atoms with Crippen LogP contribution in [0, 0.1) is 0 Å². The van der Waals surface area contributed by atoms with Crippen molar-refractivity contribution in [3.8, 4) is 0 Å². The van der Waals surface area contributed by atoms with Gasteiger partial charge in [0.15, 0.2) is 0 Å².